The van der Waals surface area contributed by atoms with Crippen molar-refractivity contribution in [3.8, 4) is 0 Å². The van der Waals surface area contributed by atoms with Gasteiger partial charge in [-0.05, 0) is 47.7 Å². The molecule has 0 amide bonds. The van der Waals surface area contributed by atoms with Gasteiger partial charge >= 0.3 is 0 Å². The molecule has 2 fully saturated rings. The Hall–Kier alpha value is -2.11. The first-order chi connectivity index (χ1) is 14.7. The molecule has 8 nitrogen and oxygen atoms in total. The van der Waals surface area contributed by atoms with Crippen LogP contribution in [0, 0.1) is 10.5 Å². The summed E-state index contributed by atoms with van der Waals surface area (Å²) in [6, 6.07) is 10.5. The van der Waals surface area contributed by atoms with E-state index in [0.29, 0.717) is 0 Å². The standard InChI is InChI=1S/C21H25IN6O2/c1-15-20(24-17-4-2-3-5-18(17)26-6-10-29-11-7-26)28-21(23-15)16(22)14-19(25-28)27-8-12-30-13-9-27/h2-5,14,24H,6-13H2,1H3. The number of morpholine rings is 2. The molecular formula is C21H25IN6O2. The van der Waals surface area contributed by atoms with Crippen molar-refractivity contribution in [3.63, 3.8) is 0 Å². The summed E-state index contributed by atoms with van der Waals surface area (Å²) >= 11 is 2.35. The van der Waals surface area contributed by atoms with Crippen molar-refractivity contribution in [2.75, 3.05) is 67.7 Å². The number of hydrogen-bond donors (Lipinski definition) is 1. The van der Waals surface area contributed by atoms with Gasteiger partial charge in [-0.1, -0.05) is 12.1 Å². The third kappa shape index (κ3) is 3.81. The maximum absolute atomic E-state index is 5.53. The molecule has 2 aliphatic rings. The van der Waals surface area contributed by atoms with E-state index in [4.69, 9.17) is 19.6 Å². The fourth-order valence-electron chi connectivity index (χ4n) is 3.96. The normalized spacial score (nSPS) is 17.5. The highest BCUT2D eigenvalue weighted by atomic mass is 127. The van der Waals surface area contributed by atoms with Crippen molar-refractivity contribution < 1.29 is 9.47 Å². The number of imidazole rings is 1. The fraction of sp³-hybridized carbons (Fsp3) is 0.429. The van der Waals surface area contributed by atoms with Gasteiger partial charge in [0.25, 0.3) is 0 Å². The molecule has 30 heavy (non-hydrogen) atoms. The third-order valence-corrected chi connectivity index (χ3v) is 6.34. The molecule has 3 aromatic rings. The summed E-state index contributed by atoms with van der Waals surface area (Å²) in [6.45, 7) is 8.49. The molecule has 0 aliphatic carbocycles. The summed E-state index contributed by atoms with van der Waals surface area (Å²) in [5.74, 6) is 1.86. The molecule has 2 aliphatic heterocycles. The van der Waals surface area contributed by atoms with Gasteiger partial charge in [0.2, 0.25) is 0 Å². The van der Waals surface area contributed by atoms with Crippen LogP contribution < -0.4 is 15.1 Å². The van der Waals surface area contributed by atoms with Crippen LogP contribution in [0.2, 0.25) is 0 Å². The summed E-state index contributed by atoms with van der Waals surface area (Å²) in [4.78, 5) is 9.42. The Balaban J connectivity index is 1.53. The van der Waals surface area contributed by atoms with Gasteiger partial charge in [0.15, 0.2) is 17.3 Å². The number of fused-ring (bicyclic) bond motifs is 1. The summed E-state index contributed by atoms with van der Waals surface area (Å²) in [5.41, 5.74) is 4.03. The predicted octanol–water partition coefficient (Wildman–Crippen LogP) is 3.06. The summed E-state index contributed by atoms with van der Waals surface area (Å²) in [5, 5.41) is 8.57. The molecule has 2 aromatic heterocycles. The molecule has 0 saturated carbocycles. The molecular weight excluding hydrogens is 495 g/mol. The van der Waals surface area contributed by atoms with E-state index in [1.807, 2.05) is 11.4 Å². The molecule has 0 unspecified atom stereocenters. The SMILES string of the molecule is Cc1nc2c(I)cc(N3CCOCC3)nn2c1Nc1ccccc1N1CCOCC1. The van der Waals surface area contributed by atoms with Crippen molar-refractivity contribution in [1.82, 2.24) is 14.6 Å². The highest BCUT2D eigenvalue weighted by Crippen LogP contribution is 2.32. The zero-order valence-electron chi connectivity index (χ0n) is 17.0. The Morgan fingerprint density at radius 1 is 0.967 bits per heavy atom. The smallest absolute Gasteiger partial charge is 0.169 e. The molecule has 0 radical (unpaired) electrons. The van der Waals surface area contributed by atoms with Crippen molar-refractivity contribution in [3.05, 3.63) is 39.6 Å². The number of nitrogens with one attached hydrogen (secondary N) is 1. The van der Waals surface area contributed by atoms with Crippen LogP contribution in [-0.4, -0.2) is 67.2 Å². The lowest BCUT2D eigenvalue weighted by Crippen LogP contribution is -2.37. The summed E-state index contributed by atoms with van der Waals surface area (Å²) in [7, 11) is 0. The highest BCUT2D eigenvalue weighted by molar-refractivity contribution is 14.1. The number of para-hydroxylation sites is 2. The van der Waals surface area contributed by atoms with Gasteiger partial charge < -0.3 is 24.6 Å². The molecule has 2 saturated heterocycles. The third-order valence-electron chi connectivity index (χ3n) is 5.54. The number of nitrogens with zero attached hydrogens (tertiary/aromatic N) is 5. The minimum atomic E-state index is 0.733. The second kappa shape index (κ2) is 8.56. The zero-order valence-corrected chi connectivity index (χ0v) is 19.1. The van der Waals surface area contributed by atoms with Crippen LogP contribution in [0.1, 0.15) is 5.69 Å². The zero-order chi connectivity index (χ0) is 20.5. The van der Waals surface area contributed by atoms with Crippen molar-refractivity contribution >= 4 is 51.2 Å². The Bertz CT molecular complexity index is 1040. The van der Waals surface area contributed by atoms with Crippen molar-refractivity contribution in [1.29, 1.82) is 0 Å². The molecule has 0 bridgehead atoms. The van der Waals surface area contributed by atoms with Crippen LogP contribution in [-0.2, 0) is 9.47 Å². The topological polar surface area (TPSA) is 67.2 Å². The van der Waals surface area contributed by atoms with Crippen LogP contribution in [0.15, 0.2) is 30.3 Å². The number of benzene rings is 1. The number of hydrogen-bond acceptors (Lipinski definition) is 7. The lowest BCUT2D eigenvalue weighted by molar-refractivity contribution is 0.122. The first-order valence-corrected chi connectivity index (χ1v) is 11.4. The van der Waals surface area contributed by atoms with E-state index in [-0.39, 0.29) is 0 Å². The quantitative estimate of drug-likeness (QED) is 0.531. The maximum atomic E-state index is 5.53. The summed E-state index contributed by atoms with van der Waals surface area (Å²) in [6.07, 6.45) is 0. The minimum Gasteiger partial charge on any atom is -0.378 e. The lowest BCUT2D eigenvalue weighted by Gasteiger charge is -2.30. The van der Waals surface area contributed by atoms with Gasteiger partial charge in [-0.2, -0.15) is 4.52 Å². The van der Waals surface area contributed by atoms with E-state index in [1.165, 1.54) is 5.69 Å². The molecule has 0 atom stereocenters. The average Bonchev–Trinajstić information content (AvgIpc) is 3.11. The summed E-state index contributed by atoms with van der Waals surface area (Å²) < 4.78 is 14.1. The van der Waals surface area contributed by atoms with Crippen LogP contribution >= 0.6 is 22.6 Å². The number of ether oxygens (including phenoxy) is 2. The molecule has 0 spiro atoms. The Morgan fingerprint density at radius 2 is 1.63 bits per heavy atom. The van der Waals surface area contributed by atoms with E-state index in [9.17, 15) is 0 Å². The first kappa shape index (κ1) is 19.8. The van der Waals surface area contributed by atoms with Gasteiger partial charge in [-0.25, -0.2) is 4.98 Å². The highest BCUT2D eigenvalue weighted by Gasteiger charge is 2.20. The molecule has 1 N–H and O–H groups in total. The Morgan fingerprint density at radius 3 is 2.37 bits per heavy atom. The first-order valence-electron chi connectivity index (χ1n) is 10.3. The van der Waals surface area contributed by atoms with E-state index < -0.39 is 0 Å². The van der Waals surface area contributed by atoms with Gasteiger partial charge in [-0.3, -0.25) is 0 Å². The fourth-order valence-corrected chi connectivity index (χ4v) is 4.58. The number of halogens is 1. The van der Waals surface area contributed by atoms with E-state index in [1.54, 1.807) is 0 Å². The second-order valence-corrected chi connectivity index (χ2v) is 8.63. The molecule has 158 valence electrons. The van der Waals surface area contributed by atoms with Crippen molar-refractivity contribution in [2.45, 2.75) is 6.92 Å². The van der Waals surface area contributed by atoms with Crippen LogP contribution in [0.3, 0.4) is 0 Å². The number of anilines is 4. The average molecular weight is 520 g/mol. The van der Waals surface area contributed by atoms with Gasteiger partial charge in [0, 0.05) is 26.2 Å². The molecule has 1 aromatic carbocycles. The van der Waals surface area contributed by atoms with Gasteiger partial charge in [0.1, 0.15) is 0 Å². The lowest BCUT2D eigenvalue weighted by atomic mass is 10.2. The van der Waals surface area contributed by atoms with E-state index in [0.717, 1.165) is 84.8 Å². The van der Waals surface area contributed by atoms with Gasteiger partial charge in [-0.15, -0.1) is 5.10 Å². The van der Waals surface area contributed by atoms with Crippen LogP contribution in [0.4, 0.5) is 23.0 Å². The largest absolute Gasteiger partial charge is 0.378 e. The Labute approximate surface area is 189 Å². The molecule has 4 heterocycles. The minimum absolute atomic E-state index is 0.733. The predicted molar refractivity (Wildman–Crippen MR) is 126 cm³/mol. The van der Waals surface area contributed by atoms with E-state index in [2.05, 4.69) is 68.0 Å². The second-order valence-electron chi connectivity index (χ2n) is 7.47. The monoisotopic (exact) mass is 520 g/mol. The number of rotatable bonds is 4. The van der Waals surface area contributed by atoms with Crippen molar-refractivity contribution in [2.24, 2.45) is 0 Å². The number of aromatic nitrogens is 3. The van der Waals surface area contributed by atoms with Crippen LogP contribution in [0.5, 0.6) is 0 Å². The van der Waals surface area contributed by atoms with Crippen LogP contribution in [0.25, 0.3) is 5.65 Å². The molecule has 5 rings (SSSR count). The van der Waals surface area contributed by atoms with Gasteiger partial charge in [0.05, 0.1) is 47.1 Å². The maximum Gasteiger partial charge on any atom is 0.169 e. The molecule has 9 heteroatoms. The Kier molecular flexibility index (Phi) is 5.66. The van der Waals surface area contributed by atoms with E-state index >= 15 is 0 Å². The number of aryl methyl sites for hydroxylation is 1.